The number of sulfonamides is 1. The maximum atomic E-state index is 13.1. The van der Waals surface area contributed by atoms with E-state index in [0.717, 1.165) is 30.0 Å². The predicted molar refractivity (Wildman–Crippen MR) is 112 cm³/mol. The molecule has 1 aliphatic heterocycles. The van der Waals surface area contributed by atoms with E-state index in [1.54, 1.807) is 4.90 Å². The van der Waals surface area contributed by atoms with Gasteiger partial charge in [0.25, 0.3) is 0 Å². The van der Waals surface area contributed by atoms with Crippen molar-refractivity contribution in [3.8, 4) is 0 Å². The van der Waals surface area contributed by atoms with Crippen molar-refractivity contribution in [3.05, 3.63) is 28.2 Å². The van der Waals surface area contributed by atoms with Crippen LogP contribution in [-0.2, 0) is 24.7 Å². The first-order chi connectivity index (χ1) is 13.5. The highest BCUT2D eigenvalue weighted by Crippen LogP contribution is 2.30. The maximum absolute atomic E-state index is 13.1. The summed E-state index contributed by atoms with van der Waals surface area (Å²) in [5.41, 5.74) is 0. The largest absolute Gasteiger partial charge is 0.335 e. The van der Waals surface area contributed by atoms with Gasteiger partial charge in [-0.2, -0.15) is 4.31 Å². The highest BCUT2D eigenvalue weighted by atomic mass is 35.5. The summed E-state index contributed by atoms with van der Waals surface area (Å²) in [5.74, 6) is -0.366. The molecule has 1 aromatic rings. The third-order valence-corrected chi connectivity index (χ3v) is 9.85. The molecule has 1 aromatic carbocycles. The van der Waals surface area contributed by atoms with Crippen molar-refractivity contribution in [1.82, 2.24) is 9.21 Å². The highest BCUT2D eigenvalue weighted by Gasteiger charge is 2.39. The first-order valence-electron chi connectivity index (χ1n) is 9.44. The van der Waals surface area contributed by atoms with E-state index in [0.29, 0.717) is 6.42 Å². The quantitative estimate of drug-likeness (QED) is 0.620. The minimum atomic E-state index is -3.95. The Morgan fingerprint density at radius 1 is 1.10 bits per heavy atom. The van der Waals surface area contributed by atoms with Crippen molar-refractivity contribution < 1.29 is 21.6 Å². The molecule has 1 saturated carbocycles. The number of benzene rings is 1. The molecule has 0 N–H and O–H groups in total. The van der Waals surface area contributed by atoms with Crippen LogP contribution in [0.25, 0.3) is 0 Å². The maximum Gasteiger partial charge on any atom is 0.243 e. The topological polar surface area (TPSA) is 91.8 Å². The Labute approximate surface area is 181 Å². The van der Waals surface area contributed by atoms with Crippen LogP contribution >= 0.6 is 23.2 Å². The second-order valence-electron chi connectivity index (χ2n) is 7.63. The van der Waals surface area contributed by atoms with Gasteiger partial charge in [0.05, 0.1) is 33.0 Å². The number of carbonyl (C=O) groups excluding carboxylic acids is 1. The molecule has 0 spiro atoms. The number of amides is 1. The van der Waals surface area contributed by atoms with Crippen molar-refractivity contribution >= 4 is 49.0 Å². The van der Waals surface area contributed by atoms with Gasteiger partial charge in [-0.1, -0.05) is 36.0 Å². The average Bonchev–Trinajstić information content (AvgIpc) is 3.27. The molecule has 162 valence electrons. The van der Waals surface area contributed by atoms with Crippen LogP contribution < -0.4 is 0 Å². The number of rotatable bonds is 6. The standard InChI is InChI=1S/C18H24Cl2N2O5S2/c1-21(29(26,27)15-6-7-16(19)17(20)10-15)11-18(23)22(13-4-2-3-5-13)14-8-9-28(24,25)12-14/h6-7,10,13-14H,2-5,8-9,11-12H2,1H3. The molecular formula is C18H24Cl2N2O5S2. The van der Waals surface area contributed by atoms with Gasteiger partial charge in [-0.05, 0) is 37.5 Å². The average molecular weight is 483 g/mol. The fraction of sp³-hybridized carbons (Fsp3) is 0.611. The normalized spacial score (nSPS) is 22.3. The number of hydrogen-bond acceptors (Lipinski definition) is 5. The number of halogens is 2. The minimum Gasteiger partial charge on any atom is -0.335 e. The smallest absolute Gasteiger partial charge is 0.243 e. The van der Waals surface area contributed by atoms with E-state index in [4.69, 9.17) is 23.2 Å². The number of hydrogen-bond donors (Lipinski definition) is 0. The van der Waals surface area contributed by atoms with Crippen molar-refractivity contribution in [2.75, 3.05) is 25.1 Å². The lowest BCUT2D eigenvalue weighted by atomic mass is 10.1. The van der Waals surface area contributed by atoms with Crippen LogP contribution in [-0.4, -0.2) is 69.1 Å². The summed E-state index contributed by atoms with van der Waals surface area (Å²) in [6.07, 6.45) is 3.97. The van der Waals surface area contributed by atoms with E-state index in [1.165, 1.54) is 25.2 Å². The Morgan fingerprint density at radius 3 is 2.31 bits per heavy atom. The summed E-state index contributed by atoms with van der Waals surface area (Å²) >= 11 is 11.8. The zero-order valence-corrected chi connectivity index (χ0v) is 19.2. The number of sulfone groups is 1. The van der Waals surface area contributed by atoms with E-state index in [2.05, 4.69) is 0 Å². The van der Waals surface area contributed by atoms with Crippen molar-refractivity contribution in [1.29, 1.82) is 0 Å². The highest BCUT2D eigenvalue weighted by molar-refractivity contribution is 7.91. The molecule has 0 bridgehead atoms. The lowest BCUT2D eigenvalue weighted by Gasteiger charge is -2.35. The van der Waals surface area contributed by atoms with Crippen LogP contribution in [0.2, 0.25) is 10.0 Å². The van der Waals surface area contributed by atoms with Gasteiger partial charge >= 0.3 is 0 Å². The molecule has 1 unspecified atom stereocenters. The Balaban J connectivity index is 1.80. The molecule has 1 amide bonds. The van der Waals surface area contributed by atoms with Crippen LogP contribution in [0.4, 0.5) is 0 Å². The predicted octanol–water partition coefficient (Wildman–Crippen LogP) is 2.57. The molecule has 1 saturated heterocycles. The molecule has 2 aliphatic rings. The van der Waals surface area contributed by atoms with Gasteiger partial charge in [-0.3, -0.25) is 4.79 Å². The minimum absolute atomic E-state index is 0.0399. The number of likely N-dealkylation sites (N-methyl/N-ethyl adjacent to an activating group) is 1. The third kappa shape index (κ3) is 5.07. The lowest BCUT2D eigenvalue weighted by molar-refractivity contribution is -0.135. The van der Waals surface area contributed by atoms with Gasteiger partial charge in [0.1, 0.15) is 0 Å². The van der Waals surface area contributed by atoms with Crippen LogP contribution in [0.15, 0.2) is 23.1 Å². The van der Waals surface area contributed by atoms with Crippen molar-refractivity contribution in [3.63, 3.8) is 0 Å². The monoisotopic (exact) mass is 482 g/mol. The van der Waals surface area contributed by atoms with Gasteiger partial charge in [-0.15, -0.1) is 0 Å². The molecule has 2 fully saturated rings. The van der Waals surface area contributed by atoms with Crippen LogP contribution in [0.5, 0.6) is 0 Å². The van der Waals surface area contributed by atoms with Crippen LogP contribution in [0.3, 0.4) is 0 Å². The van der Waals surface area contributed by atoms with Gasteiger partial charge in [0.15, 0.2) is 9.84 Å². The fourth-order valence-electron chi connectivity index (χ4n) is 4.06. The molecule has 1 aliphatic carbocycles. The van der Waals surface area contributed by atoms with Gasteiger partial charge in [-0.25, -0.2) is 16.8 Å². The molecule has 0 aromatic heterocycles. The van der Waals surface area contributed by atoms with Gasteiger partial charge < -0.3 is 4.90 Å². The lowest BCUT2D eigenvalue weighted by Crippen LogP contribution is -2.50. The molecule has 1 heterocycles. The van der Waals surface area contributed by atoms with Crippen LogP contribution in [0, 0.1) is 0 Å². The molecular weight excluding hydrogens is 459 g/mol. The number of carbonyl (C=O) groups is 1. The number of nitrogens with zero attached hydrogens (tertiary/aromatic N) is 2. The zero-order chi connectivity index (χ0) is 21.4. The van der Waals surface area contributed by atoms with Gasteiger partial charge in [0, 0.05) is 19.1 Å². The molecule has 0 radical (unpaired) electrons. The first-order valence-corrected chi connectivity index (χ1v) is 13.5. The summed E-state index contributed by atoms with van der Waals surface area (Å²) in [6, 6.07) is 3.54. The van der Waals surface area contributed by atoms with Crippen LogP contribution in [0.1, 0.15) is 32.1 Å². The third-order valence-electron chi connectivity index (χ3n) is 5.57. The molecule has 7 nitrogen and oxygen atoms in total. The Kier molecular flexibility index (Phi) is 6.85. The van der Waals surface area contributed by atoms with E-state index in [1.807, 2.05) is 0 Å². The van der Waals surface area contributed by atoms with Crippen molar-refractivity contribution in [2.45, 2.75) is 49.1 Å². The SMILES string of the molecule is CN(CC(=O)N(C1CCCC1)C1CCS(=O)(=O)C1)S(=O)(=O)c1ccc(Cl)c(Cl)c1. The van der Waals surface area contributed by atoms with Gasteiger partial charge in [0.2, 0.25) is 15.9 Å². The molecule has 11 heteroatoms. The Bertz CT molecular complexity index is 992. The van der Waals surface area contributed by atoms with E-state index < -0.39 is 25.9 Å². The molecule has 1 atom stereocenters. The second kappa shape index (κ2) is 8.70. The summed E-state index contributed by atoms with van der Waals surface area (Å²) in [6.45, 7) is -0.365. The van der Waals surface area contributed by atoms with E-state index >= 15 is 0 Å². The van der Waals surface area contributed by atoms with E-state index in [9.17, 15) is 21.6 Å². The van der Waals surface area contributed by atoms with Crippen molar-refractivity contribution in [2.24, 2.45) is 0 Å². The fourth-order valence-corrected chi connectivity index (χ4v) is 7.28. The first kappa shape index (κ1) is 22.8. The summed E-state index contributed by atoms with van der Waals surface area (Å²) in [4.78, 5) is 14.7. The molecule has 29 heavy (non-hydrogen) atoms. The second-order valence-corrected chi connectivity index (χ2v) is 12.7. The Hall–Kier alpha value is -0.870. The summed E-state index contributed by atoms with van der Waals surface area (Å²) in [7, 11) is -5.79. The zero-order valence-electron chi connectivity index (χ0n) is 16.1. The Morgan fingerprint density at radius 2 is 1.76 bits per heavy atom. The van der Waals surface area contributed by atoms with E-state index in [-0.39, 0.29) is 44.9 Å². The molecule has 3 rings (SSSR count). The summed E-state index contributed by atoms with van der Waals surface area (Å²) < 4.78 is 50.6. The summed E-state index contributed by atoms with van der Waals surface area (Å²) in [5, 5.41) is 0.343.